The molecule has 0 aromatic heterocycles. The third-order valence-corrected chi connectivity index (χ3v) is 4.92. The van der Waals surface area contributed by atoms with Crippen LogP contribution in [0.4, 0.5) is 0 Å². The average Bonchev–Trinajstić information content (AvgIpc) is 2.48. The number of rotatable bonds is 4. The van der Waals surface area contributed by atoms with Crippen molar-refractivity contribution < 1.29 is 0 Å². The van der Waals surface area contributed by atoms with Gasteiger partial charge in [-0.25, -0.2) is 0 Å². The summed E-state index contributed by atoms with van der Waals surface area (Å²) in [6.07, 6.45) is 0. The van der Waals surface area contributed by atoms with Crippen LogP contribution in [0.2, 0.25) is 0 Å². The lowest BCUT2D eigenvalue weighted by atomic mass is 10.0. The van der Waals surface area contributed by atoms with Crippen molar-refractivity contribution >= 4 is 11.8 Å². The lowest BCUT2D eigenvalue weighted by molar-refractivity contribution is 0.642. The summed E-state index contributed by atoms with van der Waals surface area (Å²) in [6.45, 7) is 6.77. The summed E-state index contributed by atoms with van der Waals surface area (Å²) < 4.78 is 0. The number of nitriles is 1. The van der Waals surface area contributed by atoms with Crippen LogP contribution in [-0.2, 0) is 0 Å². The van der Waals surface area contributed by atoms with Crippen molar-refractivity contribution in [3.05, 3.63) is 54.1 Å². The molecule has 1 unspecified atom stereocenters. The van der Waals surface area contributed by atoms with Crippen LogP contribution in [0.3, 0.4) is 0 Å². The normalized spacial score (nSPS) is 12.2. The Morgan fingerprint density at radius 1 is 0.850 bits per heavy atom. The molecular formula is C18H19NS. The molecule has 0 aliphatic heterocycles. The topological polar surface area (TPSA) is 23.8 Å². The van der Waals surface area contributed by atoms with Crippen molar-refractivity contribution in [3.63, 3.8) is 0 Å². The molecule has 0 aliphatic carbocycles. The van der Waals surface area contributed by atoms with Crippen molar-refractivity contribution in [3.8, 4) is 17.2 Å². The van der Waals surface area contributed by atoms with Crippen molar-refractivity contribution in [2.24, 2.45) is 5.92 Å². The van der Waals surface area contributed by atoms with E-state index in [0.29, 0.717) is 16.7 Å². The third kappa shape index (κ3) is 3.65. The van der Waals surface area contributed by atoms with Crippen LogP contribution in [0.5, 0.6) is 0 Å². The molecule has 2 aromatic carbocycles. The minimum absolute atomic E-state index is 0.621. The lowest BCUT2D eigenvalue weighted by Crippen LogP contribution is -2.04. The predicted molar refractivity (Wildman–Crippen MR) is 86.8 cm³/mol. The molecule has 0 fully saturated rings. The Morgan fingerprint density at radius 2 is 1.35 bits per heavy atom. The van der Waals surface area contributed by atoms with Gasteiger partial charge in [-0.1, -0.05) is 45.0 Å². The second-order valence-corrected chi connectivity index (χ2v) is 6.73. The smallest absolute Gasteiger partial charge is 0.0991 e. The fourth-order valence-electron chi connectivity index (χ4n) is 1.81. The molecule has 1 nitrogen and oxygen atoms in total. The van der Waals surface area contributed by atoms with Crippen LogP contribution in [0.25, 0.3) is 11.1 Å². The zero-order valence-corrected chi connectivity index (χ0v) is 12.9. The van der Waals surface area contributed by atoms with Crippen LogP contribution < -0.4 is 0 Å². The molecule has 0 saturated carbocycles. The van der Waals surface area contributed by atoms with Crippen molar-refractivity contribution in [2.45, 2.75) is 30.9 Å². The van der Waals surface area contributed by atoms with E-state index in [-0.39, 0.29) is 0 Å². The minimum Gasteiger partial charge on any atom is -0.192 e. The SMILES string of the molecule is CC(C)C(C)Sc1ccc(-c2ccc(C#N)cc2)cc1. The third-order valence-electron chi connectivity index (χ3n) is 3.46. The Bertz CT molecular complexity index is 591. The molecule has 0 amide bonds. The lowest BCUT2D eigenvalue weighted by Gasteiger charge is -2.15. The highest BCUT2D eigenvalue weighted by atomic mass is 32.2. The quantitative estimate of drug-likeness (QED) is 0.704. The molecule has 102 valence electrons. The first kappa shape index (κ1) is 14.7. The van der Waals surface area contributed by atoms with Gasteiger partial charge in [-0.2, -0.15) is 5.26 Å². The predicted octanol–water partition coefficient (Wildman–Crippen LogP) is 5.36. The monoisotopic (exact) mass is 281 g/mol. The number of thioether (sulfide) groups is 1. The zero-order chi connectivity index (χ0) is 14.5. The van der Waals surface area contributed by atoms with Gasteiger partial charge in [0.05, 0.1) is 11.6 Å². The van der Waals surface area contributed by atoms with Crippen LogP contribution in [-0.4, -0.2) is 5.25 Å². The van der Waals surface area contributed by atoms with Gasteiger partial charge in [-0.05, 0) is 41.3 Å². The highest BCUT2D eigenvalue weighted by molar-refractivity contribution is 8.00. The summed E-state index contributed by atoms with van der Waals surface area (Å²) in [4.78, 5) is 1.31. The maximum absolute atomic E-state index is 8.81. The molecule has 2 rings (SSSR count). The van der Waals surface area contributed by atoms with Gasteiger partial charge in [0.1, 0.15) is 0 Å². The number of hydrogen-bond acceptors (Lipinski definition) is 2. The second kappa shape index (κ2) is 6.63. The van der Waals surface area contributed by atoms with Crippen molar-refractivity contribution in [1.82, 2.24) is 0 Å². The van der Waals surface area contributed by atoms with Gasteiger partial charge in [-0.3, -0.25) is 0 Å². The summed E-state index contributed by atoms with van der Waals surface area (Å²) in [7, 11) is 0. The fraction of sp³-hybridized carbons (Fsp3) is 0.278. The molecule has 20 heavy (non-hydrogen) atoms. The number of nitrogens with zero attached hydrogens (tertiary/aromatic N) is 1. The van der Waals surface area contributed by atoms with Crippen LogP contribution in [0.1, 0.15) is 26.3 Å². The number of benzene rings is 2. The molecule has 2 aromatic rings. The van der Waals surface area contributed by atoms with E-state index >= 15 is 0 Å². The summed E-state index contributed by atoms with van der Waals surface area (Å²) in [5, 5.41) is 9.43. The van der Waals surface area contributed by atoms with E-state index in [1.54, 1.807) is 0 Å². The molecule has 0 radical (unpaired) electrons. The Kier molecular flexibility index (Phi) is 4.87. The Hall–Kier alpha value is -1.72. The Morgan fingerprint density at radius 3 is 1.80 bits per heavy atom. The molecular weight excluding hydrogens is 262 g/mol. The van der Waals surface area contributed by atoms with Gasteiger partial charge in [0, 0.05) is 10.1 Å². The molecule has 0 spiro atoms. The maximum atomic E-state index is 8.81. The van der Waals surface area contributed by atoms with Gasteiger partial charge in [-0.15, -0.1) is 11.8 Å². The van der Waals surface area contributed by atoms with E-state index < -0.39 is 0 Å². The fourth-order valence-corrected chi connectivity index (χ4v) is 2.81. The van der Waals surface area contributed by atoms with Crippen LogP contribution in [0, 0.1) is 17.2 Å². The van der Waals surface area contributed by atoms with Gasteiger partial charge < -0.3 is 0 Å². The van der Waals surface area contributed by atoms with E-state index in [0.717, 1.165) is 5.56 Å². The minimum atomic E-state index is 0.621. The summed E-state index contributed by atoms with van der Waals surface area (Å²) in [5.74, 6) is 0.679. The molecule has 2 heteroatoms. The van der Waals surface area contributed by atoms with E-state index in [9.17, 15) is 0 Å². The largest absolute Gasteiger partial charge is 0.192 e. The standard InChI is InChI=1S/C18H19NS/c1-13(2)14(3)20-18-10-8-17(9-11-18)16-6-4-15(12-19)5-7-16/h4-11,13-14H,1-3H3. The summed E-state index contributed by atoms with van der Waals surface area (Å²) in [5.41, 5.74) is 3.04. The highest BCUT2D eigenvalue weighted by Crippen LogP contribution is 2.29. The van der Waals surface area contributed by atoms with Gasteiger partial charge >= 0.3 is 0 Å². The first-order valence-electron chi connectivity index (χ1n) is 6.87. The maximum Gasteiger partial charge on any atom is 0.0991 e. The van der Waals surface area contributed by atoms with E-state index in [2.05, 4.69) is 51.1 Å². The molecule has 0 saturated heterocycles. The van der Waals surface area contributed by atoms with Crippen LogP contribution >= 0.6 is 11.8 Å². The Balaban J connectivity index is 2.13. The molecule has 1 atom stereocenters. The molecule has 0 N–H and O–H groups in total. The summed E-state index contributed by atoms with van der Waals surface area (Å²) in [6, 6.07) is 18.5. The first-order valence-corrected chi connectivity index (χ1v) is 7.75. The highest BCUT2D eigenvalue weighted by Gasteiger charge is 2.08. The molecule has 0 bridgehead atoms. The summed E-state index contributed by atoms with van der Waals surface area (Å²) >= 11 is 1.92. The van der Waals surface area contributed by atoms with Crippen molar-refractivity contribution in [1.29, 1.82) is 5.26 Å². The zero-order valence-electron chi connectivity index (χ0n) is 12.1. The van der Waals surface area contributed by atoms with Gasteiger partial charge in [0.25, 0.3) is 0 Å². The molecule has 0 heterocycles. The van der Waals surface area contributed by atoms with Gasteiger partial charge in [0.15, 0.2) is 0 Å². The molecule has 0 aliphatic rings. The van der Waals surface area contributed by atoms with Crippen molar-refractivity contribution in [2.75, 3.05) is 0 Å². The van der Waals surface area contributed by atoms with E-state index in [1.165, 1.54) is 10.5 Å². The van der Waals surface area contributed by atoms with E-state index in [1.807, 2.05) is 36.0 Å². The number of hydrogen-bond donors (Lipinski definition) is 0. The first-order chi connectivity index (χ1) is 9.60. The second-order valence-electron chi connectivity index (χ2n) is 5.28. The average molecular weight is 281 g/mol. The van der Waals surface area contributed by atoms with E-state index in [4.69, 9.17) is 5.26 Å². The Labute approximate surface area is 125 Å². The van der Waals surface area contributed by atoms with Gasteiger partial charge in [0.2, 0.25) is 0 Å². The van der Waals surface area contributed by atoms with Crippen LogP contribution in [0.15, 0.2) is 53.4 Å².